The van der Waals surface area contributed by atoms with Gasteiger partial charge in [-0.1, -0.05) is 6.08 Å². The number of amides is 1. The second kappa shape index (κ2) is 4.72. The summed E-state index contributed by atoms with van der Waals surface area (Å²) in [5.41, 5.74) is 0.368. The summed E-state index contributed by atoms with van der Waals surface area (Å²) in [6.45, 7) is 6.23. The van der Waals surface area contributed by atoms with Crippen LogP contribution in [0.4, 0.5) is 10.5 Å². The Morgan fingerprint density at radius 1 is 1.44 bits per heavy atom. The van der Waals surface area contributed by atoms with E-state index in [9.17, 15) is 4.79 Å². The lowest BCUT2D eigenvalue weighted by Crippen LogP contribution is -2.53. The summed E-state index contributed by atoms with van der Waals surface area (Å²) < 4.78 is 10.2. The normalized spacial score (nSPS) is 23.4. The van der Waals surface area contributed by atoms with E-state index in [2.05, 4.69) is 6.58 Å². The highest BCUT2D eigenvalue weighted by Crippen LogP contribution is 2.32. The molecule has 0 spiro atoms. The number of cyclic esters (lactones) is 1. The van der Waals surface area contributed by atoms with Crippen LogP contribution in [0.15, 0.2) is 36.9 Å². The fourth-order valence-corrected chi connectivity index (χ4v) is 2.05. The summed E-state index contributed by atoms with van der Waals surface area (Å²) in [6, 6.07) is 7.32. The number of hydrogen-bond acceptors (Lipinski definition) is 3. The molecule has 1 aliphatic heterocycles. The molecule has 18 heavy (non-hydrogen) atoms. The van der Waals surface area contributed by atoms with Gasteiger partial charge in [-0.15, -0.1) is 6.58 Å². The molecule has 1 saturated heterocycles. The summed E-state index contributed by atoms with van der Waals surface area (Å²) >= 11 is 0. The van der Waals surface area contributed by atoms with Gasteiger partial charge in [0.1, 0.15) is 5.75 Å². The van der Waals surface area contributed by atoms with Crippen molar-refractivity contribution in [3.8, 4) is 5.75 Å². The van der Waals surface area contributed by atoms with Crippen molar-refractivity contribution >= 4 is 11.8 Å². The van der Waals surface area contributed by atoms with Crippen molar-refractivity contribution < 1.29 is 14.3 Å². The number of anilines is 1. The van der Waals surface area contributed by atoms with E-state index in [4.69, 9.17) is 9.47 Å². The third-order valence-electron chi connectivity index (χ3n) is 3.30. The maximum atomic E-state index is 11.9. The predicted octanol–water partition coefficient (Wildman–Crippen LogP) is 2.99. The Bertz CT molecular complexity index is 455. The molecule has 0 aliphatic carbocycles. The standard InChI is InChI=1S/C14H17NO3/c1-4-14(2)9-10-18-13(16)15(14)11-5-7-12(17-3)8-6-11/h4-8H,1,9-10H2,2-3H3. The minimum atomic E-state index is -0.413. The van der Waals surface area contributed by atoms with Crippen LogP contribution < -0.4 is 9.64 Å². The molecule has 0 radical (unpaired) electrons. The summed E-state index contributed by atoms with van der Waals surface area (Å²) in [5, 5.41) is 0. The van der Waals surface area contributed by atoms with Crippen LogP contribution in [-0.2, 0) is 4.74 Å². The molecule has 1 aromatic rings. The molecule has 1 unspecified atom stereocenters. The number of rotatable bonds is 3. The number of methoxy groups -OCH3 is 1. The van der Waals surface area contributed by atoms with Crippen molar-refractivity contribution in [2.45, 2.75) is 18.9 Å². The first-order valence-electron chi connectivity index (χ1n) is 5.85. The molecule has 0 saturated carbocycles. The summed E-state index contributed by atoms with van der Waals surface area (Å²) in [7, 11) is 1.61. The van der Waals surface area contributed by atoms with Crippen LogP contribution in [0.25, 0.3) is 0 Å². The molecule has 1 atom stereocenters. The lowest BCUT2D eigenvalue weighted by Gasteiger charge is -2.41. The summed E-state index contributed by atoms with van der Waals surface area (Å²) in [5.74, 6) is 0.754. The fraction of sp³-hybridized carbons (Fsp3) is 0.357. The number of benzene rings is 1. The average molecular weight is 247 g/mol. The molecule has 1 aromatic carbocycles. The molecule has 2 rings (SSSR count). The number of nitrogens with zero attached hydrogens (tertiary/aromatic N) is 1. The number of ether oxygens (including phenoxy) is 2. The molecule has 0 N–H and O–H groups in total. The first-order valence-corrected chi connectivity index (χ1v) is 5.85. The molecular weight excluding hydrogens is 230 g/mol. The lowest BCUT2D eigenvalue weighted by molar-refractivity contribution is 0.120. The second-order valence-electron chi connectivity index (χ2n) is 4.46. The monoisotopic (exact) mass is 247 g/mol. The average Bonchev–Trinajstić information content (AvgIpc) is 2.39. The molecule has 0 aromatic heterocycles. The molecule has 1 fully saturated rings. The number of hydrogen-bond donors (Lipinski definition) is 0. The zero-order chi connectivity index (χ0) is 13.2. The Morgan fingerprint density at radius 3 is 2.67 bits per heavy atom. The van der Waals surface area contributed by atoms with Crippen molar-refractivity contribution in [1.82, 2.24) is 0 Å². The quantitative estimate of drug-likeness (QED) is 0.771. The third-order valence-corrected chi connectivity index (χ3v) is 3.30. The fourth-order valence-electron chi connectivity index (χ4n) is 2.05. The van der Waals surface area contributed by atoms with E-state index in [0.717, 1.165) is 17.9 Å². The molecule has 96 valence electrons. The SMILES string of the molecule is C=CC1(C)CCOC(=O)N1c1ccc(OC)cc1. The minimum Gasteiger partial charge on any atom is -0.497 e. The van der Waals surface area contributed by atoms with Crippen LogP contribution in [0.2, 0.25) is 0 Å². The Kier molecular flexibility index (Phi) is 3.28. The van der Waals surface area contributed by atoms with E-state index in [1.807, 2.05) is 31.2 Å². The Morgan fingerprint density at radius 2 is 2.11 bits per heavy atom. The van der Waals surface area contributed by atoms with Crippen LogP contribution >= 0.6 is 0 Å². The number of carbonyl (C=O) groups is 1. The van der Waals surface area contributed by atoms with Crippen molar-refractivity contribution in [3.05, 3.63) is 36.9 Å². The lowest BCUT2D eigenvalue weighted by atomic mass is 9.94. The Labute approximate surface area is 107 Å². The third kappa shape index (κ3) is 2.06. The van der Waals surface area contributed by atoms with E-state index in [0.29, 0.717) is 6.61 Å². The van der Waals surface area contributed by atoms with Gasteiger partial charge in [0, 0.05) is 12.1 Å². The van der Waals surface area contributed by atoms with Gasteiger partial charge in [-0.3, -0.25) is 4.90 Å². The van der Waals surface area contributed by atoms with Gasteiger partial charge in [-0.2, -0.15) is 0 Å². The minimum absolute atomic E-state index is 0.339. The van der Waals surface area contributed by atoms with Crippen molar-refractivity contribution in [2.24, 2.45) is 0 Å². The van der Waals surface area contributed by atoms with Gasteiger partial charge in [0.25, 0.3) is 0 Å². The first kappa shape index (κ1) is 12.5. The van der Waals surface area contributed by atoms with Gasteiger partial charge in [0.2, 0.25) is 0 Å². The molecule has 1 aliphatic rings. The highest BCUT2D eigenvalue weighted by Gasteiger charge is 2.38. The largest absolute Gasteiger partial charge is 0.497 e. The predicted molar refractivity (Wildman–Crippen MR) is 70.0 cm³/mol. The van der Waals surface area contributed by atoms with Crippen LogP contribution in [0, 0.1) is 0 Å². The van der Waals surface area contributed by atoms with E-state index < -0.39 is 5.54 Å². The molecule has 4 heteroatoms. The van der Waals surface area contributed by atoms with Gasteiger partial charge in [0.05, 0.1) is 19.3 Å². The van der Waals surface area contributed by atoms with Gasteiger partial charge in [-0.25, -0.2) is 4.79 Å². The molecule has 0 bridgehead atoms. The summed E-state index contributed by atoms with van der Waals surface area (Å²) in [6.07, 6.45) is 2.18. The maximum Gasteiger partial charge on any atom is 0.415 e. The van der Waals surface area contributed by atoms with E-state index in [-0.39, 0.29) is 6.09 Å². The smallest absolute Gasteiger partial charge is 0.415 e. The zero-order valence-electron chi connectivity index (χ0n) is 10.7. The highest BCUT2D eigenvalue weighted by atomic mass is 16.6. The van der Waals surface area contributed by atoms with Crippen molar-refractivity contribution in [2.75, 3.05) is 18.6 Å². The van der Waals surface area contributed by atoms with E-state index in [1.165, 1.54) is 0 Å². The van der Waals surface area contributed by atoms with Crippen LogP contribution in [-0.4, -0.2) is 25.3 Å². The van der Waals surface area contributed by atoms with Crippen molar-refractivity contribution in [1.29, 1.82) is 0 Å². The highest BCUT2D eigenvalue weighted by molar-refractivity contribution is 5.90. The molecule has 1 heterocycles. The van der Waals surface area contributed by atoms with Crippen LogP contribution in [0.3, 0.4) is 0 Å². The summed E-state index contributed by atoms with van der Waals surface area (Å²) in [4.78, 5) is 13.6. The Balaban J connectivity index is 2.37. The van der Waals surface area contributed by atoms with Crippen LogP contribution in [0.5, 0.6) is 5.75 Å². The van der Waals surface area contributed by atoms with Crippen LogP contribution in [0.1, 0.15) is 13.3 Å². The molecular formula is C14H17NO3. The van der Waals surface area contributed by atoms with Crippen molar-refractivity contribution in [3.63, 3.8) is 0 Å². The topological polar surface area (TPSA) is 38.8 Å². The first-order chi connectivity index (χ1) is 8.60. The second-order valence-corrected chi connectivity index (χ2v) is 4.46. The molecule has 4 nitrogen and oxygen atoms in total. The zero-order valence-corrected chi connectivity index (χ0v) is 10.7. The Hall–Kier alpha value is -1.97. The van der Waals surface area contributed by atoms with E-state index in [1.54, 1.807) is 18.1 Å². The van der Waals surface area contributed by atoms with Gasteiger partial charge >= 0.3 is 6.09 Å². The van der Waals surface area contributed by atoms with E-state index >= 15 is 0 Å². The molecule has 1 amide bonds. The van der Waals surface area contributed by atoms with Gasteiger partial charge < -0.3 is 9.47 Å². The van der Waals surface area contributed by atoms with Gasteiger partial charge in [0.15, 0.2) is 0 Å². The maximum absolute atomic E-state index is 11.9. The van der Waals surface area contributed by atoms with Gasteiger partial charge in [-0.05, 0) is 31.2 Å². The number of carbonyl (C=O) groups excluding carboxylic acids is 1.